The lowest BCUT2D eigenvalue weighted by Gasteiger charge is -2.19. The molecule has 126 valence electrons. The van der Waals surface area contributed by atoms with E-state index in [0.29, 0.717) is 17.1 Å². The largest absolute Gasteiger partial charge is 0.507 e. The summed E-state index contributed by atoms with van der Waals surface area (Å²) in [6.07, 6.45) is 0. The van der Waals surface area contributed by atoms with Crippen molar-refractivity contribution in [2.75, 3.05) is 14.2 Å². The van der Waals surface area contributed by atoms with Crippen LogP contribution in [0.3, 0.4) is 0 Å². The predicted molar refractivity (Wildman–Crippen MR) is 92.3 cm³/mol. The summed E-state index contributed by atoms with van der Waals surface area (Å²) in [4.78, 5) is 0. The molecule has 0 amide bonds. The number of benzene rings is 2. The summed E-state index contributed by atoms with van der Waals surface area (Å²) in [6.45, 7) is 0. The number of phenols is 2. The van der Waals surface area contributed by atoms with Crippen molar-refractivity contribution in [2.45, 2.75) is 11.3 Å². The second kappa shape index (κ2) is 6.78. The van der Waals surface area contributed by atoms with Gasteiger partial charge in [0.2, 0.25) is 0 Å². The molecule has 0 spiro atoms. The molecule has 2 aromatic carbocycles. The summed E-state index contributed by atoms with van der Waals surface area (Å²) in [5.41, 5.74) is 1.43. The average molecular weight is 367 g/mol. The van der Waals surface area contributed by atoms with Crippen molar-refractivity contribution >= 4 is 23.5 Å². The van der Waals surface area contributed by atoms with Crippen LogP contribution in [0.5, 0.6) is 23.0 Å². The third-order valence-electron chi connectivity index (χ3n) is 3.77. The number of hydrogen-bond donors (Lipinski definition) is 2. The molecule has 2 atom stereocenters. The zero-order valence-electron chi connectivity index (χ0n) is 12.9. The van der Waals surface area contributed by atoms with Crippen LogP contribution in [0, 0.1) is 0 Å². The van der Waals surface area contributed by atoms with Gasteiger partial charge in [-0.3, -0.25) is 0 Å². The number of phenolic OH excluding ortho intramolecular Hbond substituents is 2. The van der Waals surface area contributed by atoms with Crippen molar-refractivity contribution in [2.24, 2.45) is 9.63 Å². The van der Waals surface area contributed by atoms with Gasteiger partial charge in [-0.05, 0) is 23.8 Å². The van der Waals surface area contributed by atoms with Crippen molar-refractivity contribution in [3.63, 3.8) is 0 Å². The van der Waals surface area contributed by atoms with Gasteiger partial charge in [-0.15, -0.1) is 4.52 Å². The minimum atomic E-state index is -0.425. The summed E-state index contributed by atoms with van der Waals surface area (Å²) < 4.78 is 14.6. The number of halogens is 1. The van der Waals surface area contributed by atoms with Crippen molar-refractivity contribution in [1.82, 2.24) is 0 Å². The van der Waals surface area contributed by atoms with E-state index in [1.807, 2.05) is 18.2 Å². The molecule has 3 rings (SSSR count). The Morgan fingerprint density at radius 2 is 1.79 bits per heavy atom. The molecule has 2 aromatic rings. The Morgan fingerprint density at radius 1 is 1.04 bits per heavy atom. The minimum Gasteiger partial charge on any atom is -0.507 e. The van der Waals surface area contributed by atoms with E-state index in [9.17, 15) is 10.2 Å². The van der Waals surface area contributed by atoms with Gasteiger partial charge in [-0.25, -0.2) is 0 Å². The van der Waals surface area contributed by atoms with Gasteiger partial charge in [0.15, 0.2) is 11.5 Å². The highest BCUT2D eigenvalue weighted by Gasteiger charge is 2.33. The van der Waals surface area contributed by atoms with Gasteiger partial charge in [-0.1, -0.05) is 17.7 Å². The monoisotopic (exact) mass is 366 g/mol. The lowest BCUT2D eigenvalue weighted by molar-refractivity contribution is 0.354. The molecule has 24 heavy (non-hydrogen) atoms. The molecule has 1 aliphatic rings. The van der Waals surface area contributed by atoms with E-state index in [0.717, 1.165) is 5.56 Å². The van der Waals surface area contributed by atoms with Crippen LogP contribution in [0.25, 0.3) is 0 Å². The second-order valence-corrected chi connectivity index (χ2v) is 6.43. The fourth-order valence-corrected chi connectivity index (χ4v) is 3.56. The van der Waals surface area contributed by atoms with E-state index in [-0.39, 0.29) is 21.8 Å². The van der Waals surface area contributed by atoms with Crippen LogP contribution in [-0.4, -0.2) is 24.4 Å². The highest BCUT2D eigenvalue weighted by molar-refractivity contribution is 7.98. The van der Waals surface area contributed by atoms with Gasteiger partial charge in [0, 0.05) is 23.6 Å². The maximum Gasteiger partial charge on any atom is 0.161 e. The SMILES string of the molecule is COc1ccc([C@@H]2SN=N[C@H]2c2cc(Cl)c(O)cc2O)cc1OC. The van der Waals surface area contributed by atoms with E-state index < -0.39 is 6.04 Å². The third kappa shape index (κ3) is 2.97. The van der Waals surface area contributed by atoms with E-state index in [1.165, 1.54) is 24.1 Å². The van der Waals surface area contributed by atoms with Gasteiger partial charge < -0.3 is 19.7 Å². The van der Waals surface area contributed by atoms with E-state index in [1.54, 1.807) is 14.2 Å². The van der Waals surface area contributed by atoms with Gasteiger partial charge in [0.05, 0.1) is 24.5 Å². The first-order valence-corrected chi connectivity index (χ1v) is 8.26. The lowest BCUT2D eigenvalue weighted by atomic mass is 9.97. The molecule has 0 radical (unpaired) electrons. The zero-order chi connectivity index (χ0) is 17.3. The maximum absolute atomic E-state index is 10.1. The van der Waals surface area contributed by atoms with Crippen molar-refractivity contribution in [3.8, 4) is 23.0 Å². The second-order valence-electron chi connectivity index (χ2n) is 5.14. The van der Waals surface area contributed by atoms with Crippen molar-refractivity contribution in [3.05, 3.63) is 46.5 Å². The molecule has 1 heterocycles. The molecule has 0 saturated carbocycles. The molecule has 0 aliphatic carbocycles. The number of rotatable bonds is 4. The Morgan fingerprint density at radius 3 is 2.50 bits per heavy atom. The molecule has 8 heteroatoms. The molecule has 1 aliphatic heterocycles. The van der Waals surface area contributed by atoms with Gasteiger partial charge in [-0.2, -0.15) is 5.11 Å². The number of hydrogen-bond acceptors (Lipinski definition) is 7. The summed E-state index contributed by atoms with van der Waals surface area (Å²) >= 11 is 7.26. The van der Waals surface area contributed by atoms with Crippen LogP contribution in [0.15, 0.2) is 40.0 Å². The lowest BCUT2D eigenvalue weighted by Crippen LogP contribution is -2.04. The van der Waals surface area contributed by atoms with Crippen LogP contribution in [0.1, 0.15) is 22.4 Å². The Bertz CT molecular complexity index is 800. The van der Waals surface area contributed by atoms with Crippen LogP contribution in [0.2, 0.25) is 5.02 Å². The van der Waals surface area contributed by atoms with Gasteiger partial charge in [0.1, 0.15) is 17.5 Å². The first-order valence-electron chi connectivity index (χ1n) is 7.04. The normalized spacial score (nSPS) is 19.5. The fraction of sp³-hybridized carbons (Fsp3) is 0.250. The molecule has 0 aromatic heterocycles. The minimum absolute atomic E-state index is 0.0752. The molecule has 0 fully saturated rings. The maximum atomic E-state index is 10.1. The molecule has 0 bridgehead atoms. The topological polar surface area (TPSA) is 83.6 Å². The number of ether oxygens (including phenoxy) is 2. The standard InChI is InChI=1S/C16H15ClN2O4S/c1-22-13-4-3-8(5-14(13)23-2)16-15(18-19-24-16)9-6-10(17)12(21)7-11(9)20/h3-7,15-16,20-21H,1-2H3/t15-,16-/m0/s1. The van der Waals surface area contributed by atoms with Crippen LogP contribution >= 0.6 is 23.5 Å². The van der Waals surface area contributed by atoms with Crippen molar-refractivity contribution < 1.29 is 19.7 Å². The molecular formula is C16H15ClN2O4S. The summed E-state index contributed by atoms with van der Waals surface area (Å²) in [5, 5.41) is 24.0. The first-order chi connectivity index (χ1) is 11.5. The smallest absolute Gasteiger partial charge is 0.161 e. The molecule has 0 unspecified atom stereocenters. The molecule has 6 nitrogen and oxygen atoms in total. The number of nitrogens with zero attached hydrogens (tertiary/aromatic N) is 2. The van der Waals surface area contributed by atoms with Crippen LogP contribution < -0.4 is 9.47 Å². The van der Waals surface area contributed by atoms with Crippen LogP contribution in [0.4, 0.5) is 0 Å². The van der Waals surface area contributed by atoms with Crippen LogP contribution in [-0.2, 0) is 0 Å². The molecular weight excluding hydrogens is 352 g/mol. The Labute approximate surface area is 148 Å². The summed E-state index contributed by atoms with van der Waals surface area (Å²) in [7, 11) is 3.15. The van der Waals surface area contributed by atoms with Gasteiger partial charge in [0.25, 0.3) is 0 Å². The first kappa shape index (κ1) is 16.7. The van der Waals surface area contributed by atoms with Gasteiger partial charge >= 0.3 is 0 Å². The highest BCUT2D eigenvalue weighted by Crippen LogP contribution is 2.52. The highest BCUT2D eigenvalue weighted by atomic mass is 35.5. The summed E-state index contributed by atoms with van der Waals surface area (Å²) in [5.74, 6) is 0.983. The van der Waals surface area contributed by atoms with E-state index in [4.69, 9.17) is 21.1 Å². The Hall–Kier alpha value is -2.12. The average Bonchev–Trinajstić information content (AvgIpc) is 3.06. The Balaban J connectivity index is 1.99. The fourth-order valence-electron chi connectivity index (χ4n) is 2.55. The quantitative estimate of drug-likeness (QED) is 0.768. The zero-order valence-corrected chi connectivity index (χ0v) is 14.5. The van der Waals surface area contributed by atoms with E-state index in [2.05, 4.69) is 9.63 Å². The van der Waals surface area contributed by atoms with Crippen molar-refractivity contribution in [1.29, 1.82) is 0 Å². The molecule has 0 saturated heterocycles. The number of methoxy groups -OCH3 is 2. The molecule has 2 N–H and O–H groups in total. The third-order valence-corrected chi connectivity index (χ3v) is 5.02. The predicted octanol–water partition coefficient (Wildman–Crippen LogP) is 4.66. The Kier molecular flexibility index (Phi) is 4.73. The summed E-state index contributed by atoms with van der Waals surface area (Å²) in [6, 6.07) is 7.87. The van der Waals surface area contributed by atoms with E-state index >= 15 is 0 Å². The number of aromatic hydroxyl groups is 2.